The fourth-order valence-electron chi connectivity index (χ4n) is 2.37. The third-order valence-corrected chi connectivity index (χ3v) is 5.56. The first-order valence-electron chi connectivity index (χ1n) is 5.73. The van der Waals surface area contributed by atoms with Gasteiger partial charge in [-0.05, 0) is 31.6 Å². The summed E-state index contributed by atoms with van der Waals surface area (Å²) in [5.74, 6) is -0.633. The average molecular weight is 247 g/mol. The molecule has 2 aliphatic rings. The average Bonchev–Trinajstić information content (AvgIpc) is 2.60. The number of carbonyl (C=O) groups is 1. The first-order chi connectivity index (χ1) is 7.50. The number of hydrogen-bond donors (Lipinski definition) is 1. The smallest absolute Gasteiger partial charge is 0.322 e. The molecule has 1 aliphatic heterocycles. The van der Waals surface area contributed by atoms with E-state index in [-0.39, 0.29) is 11.7 Å². The molecule has 0 aromatic carbocycles. The summed E-state index contributed by atoms with van der Waals surface area (Å²) in [6.45, 7) is 0.367. The molecule has 1 saturated heterocycles. The Morgan fingerprint density at radius 3 is 2.44 bits per heavy atom. The number of rotatable bonds is 4. The zero-order chi connectivity index (χ0) is 11.8. The van der Waals surface area contributed by atoms with Crippen molar-refractivity contribution in [1.29, 1.82) is 0 Å². The molecule has 0 aromatic rings. The zero-order valence-electron chi connectivity index (χ0n) is 9.13. The lowest BCUT2D eigenvalue weighted by molar-refractivity contribution is -0.140. The van der Waals surface area contributed by atoms with E-state index in [0.717, 1.165) is 19.3 Å². The van der Waals surface area contributed by atoms with E-state index in [1.165, 1.54) is 4.31 Å². The van der Waals surface area contributed by atoms with Crippen molar-refractivity contribution in [2.45, 2.75) is 38.1 Å². The van der Waals surface area contributed by atoms with Crippen LogP contribution in [0.3, 0.4) is 0 Å². The molecule has 2 fully saturated rings. The van der Waals surface area contributed by atoms with E-state index in [2.05, 4.69) is 0 Å². The maximum atomic E-state index is 12.0. The molecule has 1 atom stereocenters. The lowest BCUT2D eigenvalue weighted by atomic mass is 9.87. The molecule has 1 saturated carbocycles. The molecule has 0 bridgehead atoms. The number of carboxylic acid groups (broad SMARTS) is 1. The molecule has 0 aromatic heterocycles. The Labute approximate surface area is 95.5 Å². The Hall–Kier alpha value is -0.620. The Morgan fingerprint density at radius 2 is 1.94 bits per heavy atom. The van der Waals surface area contributed by atoms with Crippen LogP contribution in [-0.4, -0.2) is 42.1 Å². The highest BCUT2D eigenvalue weighted by molar-refractivity contribution is 7.89. The molecule has 0 spiro atoms. The molecule has 1 heterocycles. The Morgan fingerprint density at radius 1 is 1.25 bits per heavy atom. The third-order valence-electron chi connectivity index (χ3n) is 3.52. The molecule has 1 N–H and O–H groups in total. The van der Waals surface area contributed by atoms with Gasteiger partial charge in [-0.2, -0.15) is 4.31 Å². The van der Waals surface area contributed by atoms with Crippen LogP contribution in [0.15, 0.2) is 0 Å². The maximum absolute atomic E-state index is 12.0. The van der Waals surface area contributed by atoms with Crippen molar-refractivity contribution in [3.8, 4) is 0 Å². The summed E-state index contributed by atoms with van der Waals surface area (Å²) in [4.78, 5) is 10.9. The highest BCUT2D eigenvalue weighted by atomic mass is 32.2. The van der Waals surface area contributed by atoms with Gasteiger partial charge < -0.3 is 5.11 Å². The van der Waals surface area contributed by atoms with Crippen LogP contribution >= 0.6 is 0 Å². The number of sulfonamides is 1. The van der Waals surface area contributed by atoms with Gasteiger partial charge in [-0.25, -0.2) is 8.42 Å². The molecule has 2 rings (SSSR count). The van der Waals surface area contributed by atoms with Crippen molar-refractivity contribution in [3.63, 3.8) is 0 Å². The van der Waals surface area contributed by atoms with E-state index in [1.807, 2.05) is 0 Å². The lowest BCUT2D eigenvalue weighted by Crippen LogP contribution is -2.43. The van der Waals surface area contributed by atoms with Crippen LogP contribution in [0.1, 0.15) is 32.1 Å². The maximum Gasteiger partial charge on any atom is 0.322 e. The summed E-state index contributed by atoms with van der Waals surface area (Å²) >= 11 is 0. The topological polar surface area (TPSA) is 74.7 Å². The van der Waals surface area contributed by atoms with Crippen molar-refractivity contribution >= 4 is 16.0 Å². The van der Waals surface area contributed by atoms with Gasteiger partial charge in [0, 0.05) is 6.54 Å². The second-order valence-electron chi connectivity index (χ2n) is 4.68. The minimum atomic E-state index is -3.36. The van der Waals surface area contributed by atoms with Crippen LogP contribution in [0, 0.1) is 5.92 Å². The van der Waals surface area contributed by atoms with Crippen molar-refractivity contribution in [3.05, 3.63) is 0 Å². The summed E-state index contributed by atoms with van der Waals surface area (Å²) in [5.41, 5.74) is 0. The van der Waals surface area contributed by atoms with Gasteiger partial charge in [0.25, 0.3) is 0 Å². The first-order valence-corrected chi connectivity index (χ1v) is 7.34. The molecular formula is C10H17NO4S. The van der Waals surface area contributed by atoms with Crippen LogP contribution in [0.2, 0.25) is 0 Å². The van der Waals surface area contributed by atoms with Crippen molar-refractivity contribution in [2.75, 3.05) is 12.3 Å². The highest BCUT2D eigenvalue weighted by Crippen LogP contribution is 2.30. The van der Waals surface area contributed by atoms with E-state index in [9.17, 15) is 13.2 Å². The van der Waals surface area contributed by atoms with E-state index in [4.69, 9.17) is 5.11 Å². The van der Waals surface area contributed by atoms with E-state index < -0.39 is 22.0 Å². The second kappa shape index (κ2) is 4.33. The molecule has 0 unspecified atom stereocenters. The Bertz CT molecular complexity index is 374. The van der Waals surface area contributed by atoms with Crippen molar-refractivity contribution < 1.29 is 18.3 Å². The molecule has 92 valence electrons. The molecule has 1 aliphatic carbocycles. The third kappa shape index (κ3) is 2.22. The predicted molar refractivity (Wildman–Crippen MR) is 58.5 cm³/mol. The summed E-state index contributed by atoms with van der Waals surface area (Å²) < 4.78 is 25.2. The Balaban J connectivity index is 2.06. The quantitative estimate of drug-likeness (QED) is 0.792. The highest BCUT2D eigenvalue weighted by Gasteiger charge is 2.40. The summed E-state index contributed by atoms with van der Waals surface area (Å²) in [5, 5.41) is 8.95. The molecule has 6 heteroatoms. The SMILES string of the molecule is O=C(O)[C@H]1CCCN1S(=O)(=O)CC1CCC1. The Kier molecular flexibility index (Phi) is 3.21. The van der Waals surface area contributed by atoms with Gasteiger partial charge in [0.05, 0.1) is 5.75 Å². The van der Waals surface area contributed by atoms with Gasteiger partial charge in [0.1, 0.15) is 6.04 Å². The normalized spacial score (nSPS) is 27.9. The molecule has 0 amide bonds. The molecule has 16 heavy (non-hydrogen) atoms. The van der Waals surface area contributed by atoms with Gasteiger partial charge in [0.15, 0.2) is 0 Å². The number of hydrogen-bond acceptors (Lipinski definition) is 3. The molecule has 5 nitrogen and oxygen atoms in total. The van der Waals surface area contributed by atoms with Crippen LogP contribution in [-0.2, 0) is 14.8 Å². The van der Waals surface area contributed by atoms with Gasteiger partial charge >= 0.3 is 5.97 Å². The molecule has 0 radical (unpaired) electrons. The summed E-state index contributed by atoms with van der Waals surface area (Å²) in [6, 6.07) is -0.829. The second-order valence-corrected chi connectivity index (χ2v) is 6.65. The van der Waals surface area contributed by atoms with Crippen LogP contribution in [0.25, 0.3) is 0 Å². The van der Waals surface area contributed by atoms with Crippen LogP contribution in [0.5, 0.6) is 0 Å². The monoisotopic (exact) mass is 247 g/mol. The number of carboxylic acids is 1. The molecular weight excluding hydrogens is 230 g/mol. The van der Waals surface area contributed by atoms with Crippen LogP contribution < -0.4 is 0 Å². The van der Waals surface area contributed by atoms with Gasteiger partial charge in [-0.1, -0.05) is 6.42 Å². The lowest BCUT2D eigenvalue weighted by Gasteiger charge is -2.28. The van der Waals surface area contributed by atoms with E-state index >= 15 is 0 Å². The predicted octanol–water partition coefficient (Wildman–Crippen LogP) is 0.665. The number of nitrogens with zero attached hydrogens (tertiary/aromatic N) is 1. The van der Waals surface area contributed by atoms with Crippen LogP contribution in [0.4, 0.5) is 0 Å². The fraction of sp³-hybridized carbons (Fsp3) is 0.900. The minimum absolute atomic E-state index is 0.136. The summed E-state index contributed by atoms with van der Waals surface area (Å²) in [6.07, 6.45) is 4.12. The zero-order valence-corrected chi connectivity index (χ0v) is 9.95. The van der Waals surface area contributed by atoms with Crippen molar-refractivity contribution in [1.82, 2.24) is 4.31 Å². The minimum Gasteiger partial charge on any atom is -0.480 e. The van der Waals surface area contributed by atoms with E-state index in [0.29, 0.717) is 19.4 Å². The largest absolute Gasteiger partial charge is 0.480 e. The van der Waals surface area contributed by atoms with Crippen molar-refractivity contribution in [2.24, 2.45) is 5.92 Å². The standard InChI is InChI=1S/C10H17NO4S/c12-10(13)9-5-2-6-11(9)16(14,15)7-8-3-1-4-8/h8-9H,1-7H2,(H,12,13)/t9-/m1/s1. The van der Waals surface area contributed by atoms with E-state index in [1.54, 1.807) is 0 Å². The summed E-state index contributed by atoms with van der Waals surface area (Å²) in [7, 11) is -3.36. The number of aliphatic carboxylic acids is 1. The van der Waals surface area contributed by atoms with Gasteiger partial charge in [0.2, 0.25) is 10.0 Å². The van der Waals surface area contributed by atoms with Gasteiger partial charge in [-0.3, -0.25) is 4.79 Å². The van der Waals surface area contributed by atoms with Gasteiger partial charge in [-0.15, -0.1) is 0 Å². The fourth-order valence-corrected chi connectivity index (χ4v) is 4.48. The first kappa shape index (κ1) is 11.9.